The molecule has 0 heterocycles. The Kier molecular flexibility index (Phi) is 6.64. The zero-order valence-electron chi connectivity index (χ0n) is 12.7. The van der Waals surface area contributed by atoms with Crippen molar-refractivity contribution < 1.29 is 24.2 Å². The van der Waals surface area contributed by atoms with E-state index in [4.69, 9.17) is 9.84 Å². The Balaban J connectivity index is 4.22. The van der Waals surface area contributed by atoms with E-state index in [1.165, 1.54) is 13.8 Å². The third kappa shape index (κ3) is 7.08. The smallest absolute Gasteiger partial charge is 0.321 e. The molecule has 0 bridgehead atoms. The number of hydrogen-bond acceptors (Lipinski definition) is 4. The Bertz CT molecular complexity index is 377. The van der Waals surface area contributed by atoms with Crippen molar-refractivity contribution in [3.63, 3.8) is 0 Å². The molecule has 0 atom stereocenters. The topological polar surface area (TPSA) is 105 Å². The minimum Gasteiger partial charge on any atom is -0.481 e. The zero-order chi connectivity index (χ0) is 16.0. The van der Waals surface area contributed by atoms with Crippen LogP contribution in [0.25, 0.3) is 0 Å². The maximum Gasteiger partial charge on any atom is 0.321 e. The van der Waals surface area contributed by atoms with Gasteiger partial charge in [-0.25, -0.2) is 4.79 Å². The number of carbonyl (C=O) groups is 3. The van der Waals surface area contributed by atoms with Crippen molar-refractivity contribution in [3.8, 4) is 0 Å². The number of carboxylic acid groups (broad SMARTS) is 1. The van der Waals surface area contributed by atoms with Crippen LogP contribution in [0, 0.1) is 5.41 Å². The van der Waals surface area contributed by atoms with E-state index in [0.717, 1.165) is 0 Å². The van der Waals surface area contributed by atoms with Gasteiger partial charge in [-0.2, -0.15) is 0 Å². The molecule has 0 aliphatic heterocycles. The molecule has 3 N–H and O–H groups in total. The monoisotopic (exact) mass is 288 g/mol. The quantitative estimate of drug-likeness (QED) is 0.651. The second kappa shape index (κ2) is 7.23. The fourth-order valence-corrected chi connectivity index (χ4v) is 1.43. The van der Waals surface area contributed by atoms with Gasteiger partial charge in [0.25, 0.3) is 0 Å². The Morgan fingerprint density at radius 2 is 1.70 bits per heavy atom. The molecular formula is C13H24N2O5. The number of carboxylic acids is 1. The standard InChI is InChI=1S/C13H24N2O5/c1-6-20-13(4,5)8-14-11(19)15-9(16)7-12(2,3)10(17)18/h6-8H2,1-5H3,(H,17,18)(H2,14,15,16,19). The van der Waals surface area contributed by atoms with Crippen molar-refractivity contribution in [2.24, 2.45) is 5.41 Å². The zero-order valence-corrected chi connectivity index (χ0v) is 12.7. The third-order valence-electron chi connectivity index (χ3n) is 2.64. The molecule has 116 valence electrons. The van der Waals surface area contributed by atoms with E-state index in [2.05, 4.69) is 10.6 Å². The number of nitrogens with one attached hydrogen (secondary N) is 2. The summed E-state index contributed by atoms with van der Waals surface area (Å²) >= 11 is 0. The second-order valence-corrected chi connectivity index (χ2v) is 5.79. The lowest BCUT2D eigenvalue weighted by Crippen LogP contribution is -2.47. The molecule has 0 saturated carbocycles. The summed E-state index contributed by atoms with van der Waals surface area (Å²) in [5.41, 5.74) is -1.75. The van der Waals surface area contributed by atoms with Gasteiger partial charge in [-0.05, 0) is 34.6 Å². The van der Waals surface area contributed by atoms with E-state index >= 15 is 0 Å². The number of hydrogen-bond donors (Lipinski definition) is 3. The average molecular weight is 288 g/mol. The van der Waals surface area contributed by atoms with E-state index in [1.54, 1.807) is 0 Å². The van der Waals surface area contributed by atoms with Crippen molar-refractivity contribution in [2.45, 2.75) is 46.6 Å². The van der Waals surface area contributed by atoms with Gasteiger partial charge in [0.1, 0.15) is 0 Å². The van der Waals surface area contributed by atoms with Crippen LogP contribution in [0.15, 0.2) is 0 Å². The lowest BCUT2D eigenvalue weighted by Gasteiger charge is -2.25. The first-order valence-corrected chi connectivity index (χ1v) is 6.45. The summed E-state index contributed by atoms with van der Waals surface area (Å²) in [7, 11) is 0. The number of ether oxygens (including phenoxy) is 1. The van der Waals surface area contributed by atoms with Crippen LogP contribution in [0.1, 0.15) is 41.0 Å². The molecule has 0 radical (unpaired) electrons. The fourth-order valence-electron chi connectivity index (χ4n) is 1.43. The number of imide groups is 1. The van der Waals surface area contributed by atoms with Gasteiger partial charge in [0.15, 0.2) is 0 Å². The first-order chi connectivity index (χ1) is 9.00. The summed E-state index contributed by atoms with van der Waals surface area (Å²) in [6, 6.07) is -0.663. The van der Waals surface area contributed by atoms with E-state index in [-0.39, 0.29) is 13.0 Å². The minimum atomic E-state index is -1.21. The number of aliphatic carboxylic acids is 1. The highest BCUT2D eigenvalue weighted by molar-refractivity contribution is 5.96. The second-order valence-electron chi connectivity index (χ2n) is 5.79. The highest BCUT2D eigenvalue weighted by Gasteiger charge is 2.30. The number of rotatable bonds is 7. The van der Waals surface area contributed by atoms with Gasteiger partial charge in [0.2, 0.25) is 5.91 Å². The van der Waals surface area contributed by atoms with Gasteiger partial charge < -0.3 is 15.2 Å². The van der Waals surface area contributed by atoms with E-state index in [0.29, 0.717) is 6.61 Å². The molecule has 0 aromatic heterocycles. The Hall–Kier alpha value is -1.63. The average Bonchev–Trinajstić information content (AvgIpc) is 2.25. The van der Waals surface area contributed by atoms with Gasteiger partial charge >= 0.3 is 12.0 Å². The van der Waals surface area contributed by atoms with Crippen molar-refractivity contribution in [3.05, 3.63) is 0 Å². The van der Waals surface area contributed by atoms with Crippen molar-refractivity contribution >= 4 is 17.9 Å². The first kappa shape index (κ1) is 18.4. The molecule has 0 saturated heterocycles. The van der Waals surface area contributed by atoms with Gasteiger partial charge in [-0.1, -0.05) is 0 Å². The Labute approximate surface area is 119 Å². The number of urea groups is 1. The van der Waals surface area contributed by atoms with Gasteiger partial charge in [0, 0.05) is 19.6 Å². The van der Waals surface area contributed by atoms with Crippen LogP contribution in [0.5, 0.6) is 0 Å². The summed E-state index contributed by atoms with van der Waals surface area (Å²) < 4.78 is 5.39. The molecule has 0 aromatic rings. The molecule has 0 aromatic carbocycles. The highest BCUT2D eigenvalue weighted by Crippen LogP contribution is 2.19. The number of carbonyl (C=O) groups excluding carboxylic acids is 2. The van der Waals surface area contributed by atoms with Crippen molar-refractivity contribution in [1.82, 2.24) is 10.6 Å². The predicted molar refractivity (Wildman–Crippen MR) is 73.3 cm³/mol. The molecule has 0 aliphatic rings. The van der Waals surface area contributed by atoms with E-state index in [1.807, 2.05) is 20.8 Å². The van der Waals surface area contributed by atoms with Crippen LogP contribution in [0.3, 0.4) is 0 Å². The summed E-state index contributed by atoms with van der Waals surface area (Å²) in [6.07, 6.45) is -0.273. The molecule has 0 unspecified atom stereocenters. The summed E-state index contributed by atoms with van der Waals surface area (Å²) in [5.74, 6) is -1.73. The Morgan fingerprint density at radius 1 is 1.15 bits per heavy atom. The van der Waals surface area contributed by atoms with Crippen LogP contribution in [-0.4, -0.2) is 41.8 Å². The maximum atomic E-state index is 11.6. The molecule has 0 spiro atoms. The molecule has 3 amide bonds. The van der Waals surface area contributed by atoms with E-state index in [9.17, 15) is 14.4 Å². The molecule has 7 heteroatoms. The normalized spacial score (nSPS) is 11.8. The largest absolute Gasteiger partial charge is 0.481 e. The highest BCUT2D eigenvalue weighted by atomic mass is 16.5. The Morgan fingerprint density at radius 3 is 2.15 bits per heavy atom. The van der Waals surface area contributed by atoms with Crippen molar-refractivity contribution in [2.75, 3.05) is 13.2 Å². The molecule has 20 heavy (non-hydrogen) atoms. The van der Waals surface area contributed by atoms with Gasteiger partial charge in [-0.3, -0.25) is 14.9 Å². The fraction of sp³-hybridized carbons (Fsp3) is 0.769. The first-order valence-electron chi connectivity index (χ1n) is 6.45. The summed E-state index contributed by atoms with van der Waals surface area (Å²) in [4.78, 5) is 33.9. The van der Waals surface area contributed by atoms with Crippen LogP contribution in [0.4, 0.5) is 4.79 Å². The maximum absolute atomic E-state index is 11.6. The SMILES string of the molecule is CCOC(C)(C)CNC(=O)NC(=O)CC(C)(C)C(=O)O. The van der Waals surface area contributed by atoms with Crippen LogP contribution in [-0.2, 0) is 14.3 Å². The lowest BCUT2D eigenvalue weighted by atomic mass is 9.89. The van der Waals surface area contributed by atoms with Crippen molar-refractivity contribution in [1.29, 1.82) is 0 Å². The number of amides is 3. The molecule has 7 nitrogen and oxygen atoms in total. The van der Waals surface area contributed by atoms with Crippen LogP contribution < -0.4 is 10.6 Å². The minimum absolute atomic E-state index is 0.238. The molecule has 0 rings (SSSR count). The van der Waals surface area contributed by atoms with Gasteiger partial charge in [-0.15, -0.1) is 0 Å². The molecule has 0 aliphatic carbocycles. The van der Waals surface area contributed by atoms with Crippen LogP contribution >= 0.6 is 0 Å². The van der Waals surface area contributed by atoms with Crippen LogP contribution in [0.2, 0.25) is 0 Å². The predicted octanol–water partition coefficient (Wildman–Crippen LogP) is 1.13. The lowest BCUT2D eigenvalue weighted by molar-refractivity contribution is -0.149. The van der Waals surface area contributed by atoms with Gasteiger partial charge in [0.05, 0.1) is 11.0 Å². The summed E-state index contributed by atoms with van der Waals surface area (Å²) in [6.45, 7) is 9.07. The van der Waals surface area contributed by atoms with E-state index < -0.39 is 28.9 Å². The third-order valence-corrected chi connectivity index (χ3v) is 2.64. The molecular weight excluding hydrogens is 264 g/mol. The summed E-state index contributed by atoms with van der Waals surface area (Å²) in [5, 5.41) is 13.5. The molecule has 0 fully saturated rings.